The highest BCUT2D eigenvalue weighted by Gasteiger charge is 2.40. The van der Waals surface area contributed by atoms with Gasteiger partial charge in [0.15, 0.2) is 0 Å². The lowest BCUT2D eigenvalue weighted by atomic mass is 9.69. The number of nitriles is 1. The van der Waals surface area contributed by atoms with Crippen LogP contribution < -0.4 is 9.80 Å². The minimum Gasteiger partial charge on any atom is -0.378 e. The molecule has 0 amide bonds. The second-order valence-corrected chi connectivity index (χ2v) is 8.41. The minimum absolute atomic E-state index is 0.931. The van der Waals surface area contributed by atoms with E-state index in [0.717, 1.165) is 44.7 Å². The zero-order valence-corrected chi connectivity index (χ0v) is 18.8. The molecule has 0 aliphatic rings. The van der Waals surface area contributed by atoms with E-state index in [1.165, 1.54) is 0 Å². The summed E-state index contributed by atoms with van der Waals surface area (Å²) in [5, 5.41) is 11.9. The molecule has 0 unspecified atom stereocenters. The Balaban J connectivity index is 2.04. The van der Waals surface area contributed by atoms with Gasteiger partial charge in [0, 0.05) is 61.7 Å². The summed E-state index contributed by atoms with van der Waals surface area (Å²) in [6.07, 6.45) is 0. The van der Waals surface area contributed by atoms with Gasteiger partial charge in [0.1, 0.15) is 5.41 Å². The quantitative estimate of drug-likeness (QED) is 0.476. The molecule has 0 radical (unpaired) electrons. The standard InChI is InChI=1S/C27H28N4/c1-19-26(24-8-6-7-9-25(24)29-19)27(18-28,20-10-14-22(15-11-20)30(2)3)21-12-16-23(17-13-21)31(4)5/h6-17,29H,1-5H3. The van der Waals surface area contributed by atoms with E-state index in [1.807, 2.05) is 40.3 Å². The molecule has 3 aromatic carbocycles. The maximum Gasteiger partial charge on any atom is 0.134 e. The van der Waals surface area contributed by atoms with Gasteiger partial charge in [-0.2, -0.15) is 5.26 Å². The van der Waals surface area contributed by atoms with Crippen LogP contribution in [0.2, 0.25) is 0 Å². The first-order chi connectivity index (χ1) is 14.9. The Hall–Kier alpha value is -3.71. The predicted molar refractivity (Wildman–Crippen MR) is 130 cm³/mol. The average molecular weight is 409 g/mol. The lowest BCUT2D eigenvalue weighted by molar-refractivity contribution is 0.793. The first kappa shape index (κ1) is 20.6. The van der Waals surface area contributed by atoms with Gasteiger partial charge in [-0.25, -0.2) is 0 Å². The molecule has 0 spiro atoms. The van der Waals surface area contributed by atoms with Crippen molar-refractivity contribution in [2.45, 2.75) is 12.3 Å². The summed E-state index contributed by atoms with van der Waals surface area (Å²) in [5.41, 5.74) is 6.28. The lowest BCUT2D eigenvalue weighted by Gasteiger charge is -2.30. The molecule has 1 heterocycles. The number of aryl methyl sites for hydroxylation is 1. The number of rotatable bonds is 5. The molecule has 0 atom stereocenters. The number of aromatic nitrogens is 1. The smallest absolute Gasteiger partial charge is 0.134 e. The highest BCUT2D eigenvalue weighted by atomic mass is 15.1. The first-order valence-electron chi connectivity index (χ1n) is 10.4. The first-order valence-corrected chi connectivity index (χ1v) is 10.4. The number of hydrogen-bond acceptors (Lipinski definition) is 3. The van der Waals surface area contributed by atoms with Gasteiger partial charge in [-0.1, -0.05) is 42.5 Å². The highest BCUT2D eigenvalue weighted by molar-refractivity contribution is 5.88. The Labute approximate surface area is 184 Å². The zero-order chi connectivity index (χ0) is 22.2. The van der Waals surface area contributed by atoms with Crippen LogP contribution in [0.15, 0.2) is 72.8 Å². The van der Waals surface area contributed by atoms with Crippen molar-refractivity contribution in [3.8, 4) is 6.07 Å². The summed E-state index contributed by atoms with van der Waals surface area (Å²) in [4.78, 5) is 7.64. The van der Waals surface area contributed by atoms with Crippen LogP contribution in [0.5, 0.6) is 0 Å². The Morgan fingerprint density at radius 1 is 0.742 bits per heavy atom. The van der Waals surface area contributed by atoms with Crippen LogP contribution >= 0.6 is 0 Å². The van der Waals surface area contributed by atoms with Crippen molar-refractivity contribution in [1.29, 1.82) is 5.26 Å². The molecule has 4 heteroatoms. The van der Waals surface area contributed by atoms with Crippen LogP contribution in [-0.4, -0.2) is 33.2 Å². The van der Waals surface area contributed by atoms with Gasteiger partial charge in [-0.15, -0.1) is 0 Å². The van der Waals surface area contributed by atoms with Crippen molar-refractivity contribution in [2.75, 3.05) is 38.0 Å². The molecule has 1 aromatic heterocycles. The number of nitrogens with one attached hydrogen (secondary N) is 1. The molecule has 0 aliphatic heterocycles. The number of anilines is 2. The maximum absolute atomic E-state index is 10.8. The van der Waals surface area contributed by atoms with Gasteiger partial charge in [0.2, 0.25) is 0 Å². The Bertz CT molecular complexity index is 1190. The summed E-state index contributed by atoms with van der Waals surface area (Å²) in [5.74, 6) is 0. The van der Waals surface area contributed by atoms with Crippen molar-refractivity contribution in [3.63, 3.8) is 0 Å². The summed E-state index contributed by atoms with van der Waals surface area (Å²) >= 11 is 0. The highest BCUT2D eigenvalue weighted by Crippen LogP contribution is 2.44. The van der Waals surface area contributed by atoms with E-state index in [4.69, 9.17) is 0 Å². The number of nitrogens with zero attached hydrogens (tertiary/aromatic N) is 3. The van der Waals surface area contributed by atoms with E-state index < -0.39 is 5.41 Å². The van der Waals surface area contributed by atoms with Crippen molar-refractivity contribution < 1.29 is 0 Å². The van der Waals surface area contributed by atoms with E-state index in [1.54, 1.807) is 0 Å². The van der Waals surface area contributed by atoms with Crippen LogP contribution in [0.3, 0.4) is 0 Å². The third-order valence-corrected chi connectivity index (χ3v) is 6.07. The molecule has 4 nitrogen and oxygen atoms in total. The fourth-order valence-corrected chi connectivity index (χ4v) is 4.42. The largest absolute Gasteiger partial charge is 0.378 e. The van der Waals surface area contributed by atoms with Crippen LogP contribution in [0.4, 0.5) is 11.4 Å². The van der Waals surface area contributed by atoms with Crippen LogP contribution in [0.25, 0.3) is 10.9 Å². The molecule has 0 bridgehead atoms. The molecular formula is C27H28N4. The van der Waals surface area contributed by atoms with E-state index in [-0.39, 0.29) is 0 Å². The number of H-pyrrole nitrogens is 1. The van der Waals surface area contributed by atoms with E-state index in [9.17, 15) is 5.26 Å². The van der Waals surface area contributed by atoms with Gasteiger partial charge < -0.3 is 14.8 Å². The summed E-state index contributed by atoms with van der Waals surface area (Å²) in [6, 6.07) is 27.6. The van der Waals surface area contributed by atoms with Gasteiger partial charge >= 0.3 is 0 Å². The molecule has 0 aliphatic carbocycles. The lowest BCUT2D eigenvalue weighted by Crippen LogP contribution is -2.28. The third kappa shape index (κ3) is 3.33. The Morgan fingerprint density at radius 2 is 1.23 bits per heavy atom. The molecule has 4 rings (SSSR count). The molecule has 0 saturated heterocycles. The normalized spacial score (nSPS) is 11.4. The maximum atomic E-state index is 10.8. The number of hydrogen-bond donors (Lipinski definition) is 1. The monoisotopic (exact) mass is 408 g/mol. The van der Waals surface area contributed by atoms with Gasteiger partial charge in [-0.3, -0.25) is 0 Å². The van der Waals surface area contributed by atoms with Crippen molar-refractivity contribution in [1.82, 2.24) is 4.98 Å². The third-order valence-electron chi connectivity index (χ3n) is 6.07. The molecule has 156 valence electrons. The van der Waals surface area contributed by atoms with E-state index in [2.05, 4.69) is 88.4 Å². The molecule has 0 saturated carbocycles. The van der Waals surface area contributed by atoms with Crippen molar-refractivity contribution in [2.24, 2.45) is 0 Å². The number of para-hydroxylation sites is 1. The Kier molecular flexibility index (Phi) is 5.20. The minimum atomic E-state index is -0.931. The fourth-order valence-electron chi connectivity index (χ4n) is 4.42. The van der Waals surface area contributed by atoms with Gasteiger partial charge in [-0.05, 0) is 48.4 Å². The van der Waals surface area contributed by atoms with Crippen LogP contribution in [0.1, 0.15) is 22.4 Å². The molecule has 31 heavy (non-hydrogen) atoms. The summed E-state index contributed by atoms with van der Waals surface area (Å²) in [6.45, 7) is 2.06. The number of benzene rings is 3. The second kappa shape index (κ2) is 7.85. The number of aromatic amines is 1. The zero-order valence-electron chi connectivity index (χ0n) is 18.8. The van der Waals surface area contributed by atoms with Crippen LogP contribution in [-0.2, 0) is 5.41 Å². The fraction of sp³-hybridized carbons (Fsp3) is 0.222. The van der Waals surface area contributed by atoms with Crippen molar-refractivity contribution >= 4 is 22.3 Å². The van der Waals surface area contributed by atoms with Crippen molar-refractivity contribution in [3.05, 3.63) is 95.2 Å². The molecule has 4 aromatic rings. The Morgan fingerprint density at radius 3 is 1.68 bits per heavy atom. The SMILES string of the molecule is Cc1[nH]c2ccccc2c1C(C#N)(c1ccc(N(C)C)cc1)c1ccc(N(C)C)cc1. The topological polar surface area (TPSA) is 46.1 Å². The molecule has 0 fully saturated rings. The van der Waals surface area contributed by atoms with Gasteiger partial charge in [0.05, 0.1) is 6.07 Å². The summed E-state index contributed by atoms with van der Waals surface area (Å²) < 4.78 is 0. The molecular weight excluding hydrogens is 380 g/mol. The van der Waals surface area contributed by atoms with E-state index in [0.29, 0.717) is 0 Å². The van der Waals surface area contributed by atoms with Crippen LogP contribution in [0, 0.1) is 18.3 Å². The predicted octanol–water partition coefficient (Wildman–Crippen LogP) is 5.47. The van der Waals surface area contributed by atoms with E-state index >= 15 is 0 Å². The number of fused-ring (bicyclic) bond motifs is 1. The second-order valence-electron chi connectivity index (χ2n) is 8.41. The summed E-state index contributed by atoms with van der Waals surface area (Å²) in [7, 11) is 8.10. The molecule has 1 N–H and O–H groups in total. The average Bonchev–Trinajstić information content (AvgIpc) is 3.12. The van der Waals surface area contributed by atoms with Gasteiger partial charge in [0.25, 0.3) is 0 Å².